The topological polar surface area (TPSA) is 116 Å². The number of aryl methyl sites for hydroxylation is 1. The Bertz CT molecular complexity index is 1080. The molecular weight excluding hydrogens is 394 g/mol. The Morgan fingerprint density at radius 2 is 2.06 bits per heavy atom. The third kappa shape index (κ3) is 3.74. The van der Waals surface area contributed by atoms with Gasteiger partial charge in [0.15, 0.2) is 5.82 Å². The molecule has 1 saturated heterocycles. The van der Waals surface area contributed by atoms with Crippen molar-refractivity contribution in [1.82, 2.24) is 20.1 Å². The standard InChI is InChI=1S/C22H27N7O2/c1-14(30)26-21(2,3)17-12-19(27-28(17)4)25-18-11-16(7-9-24-18)29-10-8-22(13-23,20(29)31)15-5-6-15/h7,9,11-12,15H,5-6,8,10H2,1-4H3,(H,26,30)(H,24,25,27)/t22-/m1/s1. The number of hydrogen-bond donors (Lipinski definition) is 2. The lowest BCUT2D eigenvalue weighted by molar-refractivity contribution is -0.124. The lowest BCUT2D eigenvalue weighted by Crippen LogP contribution is -2.41. The fraction of sp³-hybridized carbons (Fsp3) is 0.500. The Morgan fingerprint density at radius 3 is 2.71 bits per heavy atom. The molecule has 2 amide bonds. The van der Waals surface area contributed by atoms with Gasteiger partial charge >= 0.3 is 0 Å². The Labute approximate surface area is 181 Å². The fourth-order valence-electron chi connectivity index (χ4n) is 4.54. The van der Waals surface area contributed by atoms with Crippen molar-refractivity contribution in [2.45, 2.75) is 45.6 Å². The molecule has 0 unspecified atom stereocenters. The minimum atomic E-state index is -0.873. The van der Waals surface area contributed by atoms with E-state index in [1.807, 2.05) is 27.0 Å². The summed E-state index contributed by atoms with van der Waals surface area (Å²) in [6, 6.07) is 7.76. The summed E-state index contributed by atoms with van der Waals surface area (Å²) >= 11 is 0. The molecule has 2 aromatic heterocycles. The highest BCUT2D eigenvalue weighted by Gasteiger charge is 2.56. The number of rotatable bonds is 6. The Hall–Kier alpha value is -3.41. The van der Waals surface area contributed by atoms with Gasteiger partial charge in [-0.25, -0.2) is 4.98 Å². The second kappa shape index (κ2) is 7.38. The molecule has 2 aliphatic rings. The molecule has 31 heavy (non-hydrogen) atoms. The first-order chi connectivity index (χ1) is 14.7. The van der Waals surface area contributed by atoms with Crippen molar-refractivity contribution >= 4 is 29.1 Å². The second-order valence-corrected chi connectivity index (χ2v) is 8.93. The molecule has 0 bridgehead atoms. The Morgan fingerprint density at radius 1 is 1.32 bits per heavy atom. The summed E-state index contributed by atoms with van der Waals surface area (Å²) in [7, 11) is 1.82. The average molecular weight is 422 g/mol. The molecule has 1 atom stereocenters. The van der Waals surface area contributed by atoms with Gasteiger partial charge in [-0.1, -0.05) is 0 Å². The maximum atomic E-state index is 13.1. The minimum absolute atomic E-state index is 0.105. The number of nitrogens with zero attached hydrogens (tertiary/aromatic N) is 5. The van der Waals surface area contributed by atoms with Crippen LogP contribution in [0.2, 0.25) is 0 Å². The van der Waals surface area contributed by atoms with Gasteiger partial charge < -0.3 is 15.5 Å². The molecule has 9 heteroatoms. The summed E-state index contributed by atoms with van der Waals surface area (Å²) in [5.41, 5.74) is 0.0882. The van der Waals surface area contributed by atoms with Gasteiger partial charge in [0.05, 0.1) is 17.3 Å². The van der Waals surface area contributed by atoms with Crippen LogP contribution in [0.15, 0.2) is 24.4 Å². The van der Waals surface area contributed by atoms with E-state index in [1.54, 1.807) is 27.9 Å². The van der Waals surface area contributed by atoms with E-state index in [2.05, 4.69) is 26.8 Å². The van der Waals surface area contributed by atoms with Gasteiger partial charge in [0, 0.05) is 44.5 Å². The van der Waals surface area contributed by atoms with Crippen molar-refractivity contribution < 1.29 is 9.59 Å². The molecule has 0 radical (unpaired) electrons. The summed E-state index contributed by atoms with van der Waals surface area (Å²) in [4.78, 5) is 30.6. The van der Waals surface area contributed by atoms with E-state index in [1.165, 1.54) is 6.92 Å². The summed E-state index contributed by atoms with van der Waals surface area (Å²) in [6.07, 6.45) is 4.11. The van der Waals surface area contributed by atoms with Crippen LogP contribution in [0.4, 0.5) is 17.3 Å². The predicted molar refractivity (Wildman–Crippen MR) is 115 cm³/mol. The predicted octanol–water partition coefficient (Wildman–Crippen LogP) is 2.59. The van der Waals surface area contributed by atoms with Gasteiger partial charge in [-0.3, -0.25) is 14.3 Å². The maximum absolute atomic E-state index is 13.1. The van der Waals surface area contributed by atoms with Gasteiger partial charge in [0.25, 0.3) is 0 Å². The number of aromatic nitrogens is 3. The van der Waals surface area contributed by atoms with E-state index in [-0.39, 0.29) is 17.7 Å². The third-order valence-electron chi connectivity index (χ3n) is 6.15. The molecule has 1 aliphatic heterocycles. The molecule has 2 aromatic rings. The largest absolute Gasteiger partial charge is 0.346 e. The van der Waals surface area contributed by atoms with Crippen molar-refractivity contribution in [3.63, 3.8) is 0 Å². The minimum Gasteiger partial charge on any atom is -0.346 e. The van der Waals surface area contributed by atoms with Gasteiger partial charge in [-0.2, -0.15) is 10.4 Å². The van der Waals surface area contributed by atoms with Crippen LogP contribution in [0, 0.1) is 22.7 Å². The number of pyridine rings is 1. The normalized spacial score (nSPS) is 21.1. The smallest absolute Gasteiger partial charge is 0.247 e. The molecule has 9 nitrogen and oxygen atoms in total. The maximum Gasteiger partial charge on any atom is 0.247 e. The fourth-order valence-corrected chi connectivity index (χ4v) is 4.54. The van der Waals surface area contributed by atoms with Crippen molar-refractivity contribution in [2.24, 2.45) is 18.4 Å². The monoisotopic (exact) mass is 421 g/mol. The van der Waals surface area contributed by atoms with Gasteiger partial charge in [-0.05, 0) is 45.1 Å². The second-order valence-electron chi connectivity index (χ2n) is 8.93. The van der Waals surface area contributed by atoms with Crippen molar-refractivity contribution in [3.05, 3.63) is 30.1 Å². The van der Waals surface area contributed by atoms with Crippen LogP contribution in [0.3, 0.4) is 0 Å². The van der Waals surface area contributed by atoms with Gasteiger partial charge in [0.1, 0.15) is 11.2 Å². The van der Waals surface area contributed by atoms with Crippen LogP contribution in [-0.4, -0.2) is 33.1 Å². The molecule has 4 rings (SSSR count). The van der Waals surface area contributed by atoms with Gasteiger partial charge in [0.2, 0.25) is 11.8 Å². The zero-order chi connectivity index (χ0) is 22.4. The molecule has 0 aromatic carbocycles. The highest BCUT2D eigenvalue weighted by atomic mass is 16.2. The first-order valence-corrected chi connectivity index (χ1v) is 10.5. The van der Waals surface area contributed by atoms with Crippen molar-refractivity contribution in [2.75, 3.05) is 16.8 Å². The first kappa shape index (κ1) is 20.8. The molecule has 1 saturated carbocycles. The van der Waals surface area contributed by atoms with E-state index in [0.717, 1.165) is 24.2 Å². The number of nitriles is 1. The van der Waals surface area contributed by atoms with Crippen LogP contribution in [0.1, 0.15) is 45.7 Å². The molecule has 1 aliphatic carbocycles. The summed E-state index contributed by atoms with van der Waals surface area (Å²) in [5, 5.41) is 20.3. The summed E-state index contributed by atoms with van der Waals surface area (Å²) in [6.45, 7) is 5.84. The molecule has 2 N–H and O–H groups in total. The summed E-state index contributed by atoms with van der Waals surface area (Å²) in [5.74, 6) is 1.09. The van der Waals surface area contributed by atoms with Crippen LogP contribution < -0.4 is 15.5 Å². The van der Waals surface area contributed by atoms with Crippen molar-refractivity contribution in [1.29, 1.82) is 5.26 Å². The van der Waals surface area contributed by atoms with Crippen LogP contribution in [-0.2, 0) is 22.2 Å². The first-order valence-electron chi connectivity index (χ1n) is 10.5. The number of amides is 2. The number of carbonyl (C=O) groups is 2. The molecule has 2 fully saturated rings. The van der Waals surface area contributed by atoms with Gasteiger partial charge in [-0.15, -0.1) is 0 Å². The highest BCUT2D eigenvalue weighted by molar-refractivity contribution is 6.02. The van der Waals surface area contributed by atoms with Crippen LogP contribution in [0.5, 0.6) is 0 Å². The molecular formula is C22H27N7O2. The van der Waals surface area contributed by atoms with E-state index < -0.39 is 11.0 Å². The average Bonchev–Trinajstić information content (AvgIpc) is 3.40. The zero-order valence-electron chi connectivity index (χ0n) is 18.3. The number of hydrogen-bond acceptors (Lipinski definition) is 6. The van der Waals surface area contributed by atoms with E-state index in [9.17, 15) is 14.9 Å². The van der Waals surface area contributed by atoms with E-state index in [4.69, 9.17) is 0 Å². The molecule has 0 spiro atoms. The number of carbonyl (C=O) groups excluding carboxylic acids is 2. The lowest BCUT2D eigenvalue weighted by atomic mass is 9.83. The van der Waals surface area contributed by atoms with E-state index >= 15 is 0 Å². The van der Waals surface area contributed by atoms with E-state index in [0.29, 0.717) is 24.6 Å². The Balaban J connectivity index is 1.54. The summed E-state index contributed by atoms with van der Waals surface area (Å²) < 4.78 is 1.71. The molecule has 162 valence electrons. The number of nitrogens with one attached hydrogen (secondary N) is 2. The highest BCUT2D eigenvalue weighted by Crippen LogP contribution is 2.51. The lowest BCUT2D eigenvalue weighted by Gasteiger charge is -2.25. The molecule has 3 heterocycles. The quantitative estimate of drug-likeness (QED) is 0.741. The third-order valence-corrected chi connectivity index (χ3v) is 6.15. The van der Waals surface area contributed by atoms with Crippen LogP contribution >= 0.6 is 0 Å². The van der Waals surface area contributed by atoms with Crippen molar-refractivity contribution in [3.8, 4) is 6.07 Å². The zero-order valence-corrected chi connectivity index (χ0v) is 18.3. The van der Waals surface area contributed by atoms with Crippen LogP contribution in [0.25, 0.3) is 0 Å². The Kier molecular flexibility index (Phi) is 4.96. The SMILES string of the molecule is CC(=O)NC(C)(C)c1cc(Nc2cc(N3CC[C@@](C#N)(C4CC4)C3=O)ccn2)nn1C. The number of anilines is 3.